The normalized spacial score (nSPS) is 18.1. The second kappa shape index (κ2) is 10.6. The number of hydrogen-bond donors (Lipinski definition) is 0. The van der Waals surface area contributed by atoms with Crippen LogP contribution in [0.5, 0.6) is 0 Å². The Balaban J connectivity index is 1.61. The molecule has 0 radical (unpaired) electrons. The highest BCUT2D eigenvalue weighted by Crippen LogP contribution is 2.33. The van der Waals surface area contributed by atoms with Gasteiger partial charge in [0, 0.05) is 39.0 Å². The highest BCUT2D eigenvalue weighted by Gasteiger charge is 2.35. The molecule has 1 fully saturated rings. The molecule has 0 N–H and O–H groups in total. The number of ether oxygens (including phenoxy) is 1. The van der Waals surface area contributed by atoms with Crippen LogP contribution in [0.2, 0.25) is 10.0 Å². The van der Waals surface area contributed by atoms with Crippen LogP contribution in [-0.2, 0) is 17.7 Å². The van der Waals surface area contributed by atoms with Crippen LogP contribution in [0.3, 0.4) is 0 Å². The van der Waals surface area contributed by atoms with Gasteiger partial charge in [0.05, 0.1) is 41.2 Å². The third-order valence-electron chi connectivity index (χ3n) is 7.44. The maximum Gasteiger partial charge on any atom is 0.261 e. The first kappa shape index (κ1) is 27.1. The van der Waals surface area contributed by atoms with Gasteiger partial charge < -0.3 is 9.64 Å². The Morgan fingerprint density at radius 1 is 1.11 bits per heavy atom. The van der Waals surface area contributed by atoms with E-state index in [4.69, 9.17) is 32.9 Å². The number of ketones is 1. The topological polar surface area (TPSA) is 81.5 Å². The molecule has 2 aliphatic heterocycles. The molecule has 0 aliphatic carbocycles. The summed E-state index contributed by atoms with van der Waals surface area (Å²) >= 11 is 16.2. The fourth-order valence-electron chi connectivity index (χ4n) is 4.94. The van der Waals surface area contributed by atoms with Crippen molar-refractivity contribution in [3.63, 3.8) is 0 Å². The predicted molar refractivity (Wildman–Crippen MR) is 150 cm³/mol. The Kier molecular flexibility index (Phi) is 7.52. The number of amides is 1. The molecular weight excluding hydrogens is 593 g/mol. The van der Waals surface area contributed by atoms with Crippen molar-refractivity contribution >= 4 is 50.8 Å². The first-order valence-electron chi connectivity index (χ1n) is 12.4. The lowest BCUT2D eigenvalue weighted by Gasteiger charge is -2.36. The molecule has 1 aromatic heterocycles. The minimum absolute atomic E-state index is 0.0981. The smallest absolute Gasteiger partial charge is 0.261 e. The molecule has 2 unspecified atom stereocenters. The molecule has 2 atom stereocenters. The molecule has 3 aromatic rings. The van der Waals surface area contributed by atoms with E-state index < -0.39 is 0 Å². The molecule has 0 spiro atoms. The fourth-order valence-corrected chi connectivity index (χ4v) is 5.63. The minimum Gasteiger partial charge on any atom is -0.381 e. The van der Waals surface area contributed by atoms with Crippen LogP contribution in [-0.4, -0.2) is 45.4 Å². The SMILES string of the molecule is CC(=O)c1ccc(-n2c(C(C)C3COC3)nc3c(c2=O)CC(C)N(C(=O)c2ccc(Br)c(Cl)c2)C3)c(Cl)c1. The number of carbonyl (C=O) groups excluding carboxylic acids is 2. The molecule has 198 valence electrons. The third kappa shape index (κ3) is 4.83. The Hall–Kier alpha value is -2.52. The van der Waals surface area contributed by atoms with Gasteiger partial charge in [-0.25, -0.2) is 4.98 Å². The van der Waals surface area contributed by atoms with Gasteiger partial charge in [0.1, 0.15) is 5.82 Å². The van der Waals surface area contributed by atoms with Crippen molar-refractivity contribution in [3.8, 4) is 5.69 Å². The van der Waals surface area contributed by atoms with Crippen LogP contribution in [0.25, 0.3) is 5.69 Å². The molecule has 1 saturated heterocycles. The van der Waals surface area contributed by atoms with E-state index in [0.29, 0.717) is 68.0 Å². The van der Waals surface area contributed by atoms with Gasteiger partial charge in [-0.2, -0.15) is 0 Å². The highest BCUT2D eigenvalue weighted by molar-refractivity contribution is 9.10. The number of hydrogen-bond acceptors (Lipinski definition) is 5. The van der Waals surface area contributed by atoms with Crippen LogP contribution in [0.4, 0.5) is 0 Å². The molecule has 10 heteroatoms. The quantitative estimate of drug-likeness (QED) is 0.336. The van der Waals surface area contributed by atoms with Gasteiger partial charge in [0.25, 0.3) is 11.5 Å². The predicted octanol–water partition coefficient (Wildman–Crippen LogP) is 5.84. The molecule has 1 amide bonds. The zero-order valence-electron chi connectivity index (χ0n) is 21.1. The van der Waals surface area contributed by atoms with Gasteiger partial charge in [-0.1, -0.05) is 30.1 Å². The number of benzene rings is 2. The molecule has 2 aromatic carbocycles. The summed E-state index contributed by atoms with van der Waals surface area (Å²) in [4.78, 5) is 46.1. The van der Waals surface area contributed by atoms with Crippen molar-refractivity contribution < 1.29 is 14.3 Å². The lowest BCUT2D eigenvalue weighted by atomic mass is 9.90. The van der Waals surface area contributed by atoms with Gasteiger partial charge in [-0.15, -0.1) is 0 Å². The standard InChI is InChI=1S/C28H26BrCl2N3O4/c1-14-8-20-24(11-33(14)27(36)18-4-6-21(29)22(30)10-18)32-26(15(2)19-12-38-13-19)34(28(20)37)25-7-5-17(16(3)35)9-23(25)31/h4-7,9-10,14-15,19H,8,11-13H2,1-3H3. The number of nitrogens with zero attached hydrogens (tertiary/aromatic N) is 3. The van der Waals surface area contributed by atoms with Crippen molar-refractivity contribution in [2.75, 3.05) is 13.2 Å². The van der Waals surface area contributed by atoms with Gasteiger partial charge in [0.15, 0.2) is 5.78 Å². The van der Waals surface area contributed by atoms with Crippen molar-refractivity contribution in [1.82, 2.24) is 14.5 Å². The summed E-state index contributed by atoms with van der Waals surface area (Å²) < 4.78 is 7.70. The Morgan fingerprint density at radius 3 is 2.39 bits per heavy atom. The first-order valence-corrected chi connectivity index (χ1v) is 13.9. The van der Waals surface area contributed by atoms with Crippen molar-refractivity contribution in [2.45, 2.75) is 45.7 Å². The van der Waals surface area contributed by atoms with Crippen molar-refractivity contribution in [2.24, 2.45) is 5.92 Å². The Labute approximate surface area is 238 Å². The second-order valence-electron chi connectivity index (χ2n) is 9.96. The number of Topliss-reactive ketones (excluding diaryl/α,β-unsaturated/α-hetero) is 1. The van der Waals surface area contributed by atoms with Gasteiger partial charge in [0.2, 0.25) is 0 Å². The number of carbonyl (C=O) groups is 2. The van der Waals surface area contributed by atoms with Crippen LogP contribution in [0.15, 0.2) is 45.7 Å². The first-order chi connectivity index (χ1) is 18.1. The third-order valence-corrected chi connectivity index (χ3v) is 8.98. The van der Waals surface area contributed by atoms with Crippen LogP contribution >= 0.6 is 39.1 Å². The Morgan fingerprint density at radius 2 is 1.79 bits per heavy atom. The number of fused-ring (bicyclic) bond motifs is 1. The van der Waals surface area contributed by atoms with E-state index >= 15 is 0 Å². The van der Waals surface area contributed by atoms with Gasteiger partial charge in [-0.05, 0) is 72.6 Å². The zero-order chi connectivity index (χ0) is 27.3. The average Bonchev–Trinajstić information content (AvgIpc) is 2.84. The number of rotatable bonds is 5. The summed E-state index contributed by atoms with van der Waals surface area (Å²) in [5.41, 5.74) is 2.35. The summed E-state index contributed by atoms with van der Waals surface area (Å²) in [5.74, 6) is 0.382. The van der Waals surface area contributed by atoms with E-state index in [0.717, 1.165) is 0 Å². The zero-order valence-corrected chi connectivity index (χ0v) is 24.2. The monoisotopic (exact) mass is 617 g/mol. The average molecular weight is 619 g/mol. The maximum atomic E-state index is 14.1. The molecule has 5 rings (SSSR count). The molecular formula is C28H26BrCl2N3O4. The van der Waals surface area contributed by atoms with Gasteiger partial charge >= 0.3 is 0 Å². The second-order valence-corrected chi connectivity index (χ2v) is 11.6. The summed E-state index contributed by atoms with van der Waals surface area (Å²) in [6.45, 7) is 6.78. The Bertz CT molecular complexity index is 1520. The molecule has 7 nitrogen and oxygen atoms in total. The van der Waals surface area contributed by atoms with Crippen LogP contribution < -0.4 is 5.56 Å². The van der Waals surface area contributed by atoms with E-state index in [1.54, 1.807) is 45.9 Å². The number of halogens is 3. The lowest BCUT2D eigenvalue weighted by Crippen LogP contribution is -2.46. The van der Waals surface area contributed by atoms with E-state index in [1.165, 1.54) is 6.92 Å². The molecule has 38 heavy (non-hydrogen) atoms. The fraction of sp³-hybridized carbons (Fsp3) is 0.357. The largest absolute Gasteiger partial charge is 0.381 e. The molecule has 0 bridgehead atoms. The lowest BCUT2D eigenvalue weighted by molar-refractivity contribution is -0.0439. The van der Waals surface area contributed by atoms with Crippen LogP contribution in [0.1, 0.15) is 64.5 Å². The minimum atomic E-state index is -0.237. The molecule has 3 heterocycles. The summed E-state index contributed by atoms with van der Waals surface area (Å²) in [7, 11) is 0. The van der Waals surface area contributed by atoms with E-state index in [1.807, 2.05) is 13.8 Å². The maximum absolute atomic E-state index is 14.1. The van der Waals surface area contributed by atoms with Crippen molar-refractivity contribution in [1.29, 1.82) is 0 Å². The molecule has 0 saturated carbocycles. The summed E-state index contributed by atoms with van der Waals surface area (Å²) in [5, 5.41) is 0.751. The highest BCUT2D eigenvalue weighted by atomic mass is 79.9. The summed E-state index contributed by atoms with van der Waals surface area (Å²) in [6.07, 6.45) is 0.349. The van der Waals surface area contributed by atoms with E-state index in [-0.39, 0.29) is 41.7 Å². The molecule has 2 aliphatic rings. The number of aromatic nitrogens is 2. The van der Waals surface area contributed by atoms with E-state index in [2.05, 4.69) is 15.9 Å². The van der Waals surface area contributed by atoms with Crippen molar-refractivity contribution in [3.05, 3.63) is 89.5 Å². The van der Waals surface area contributed by atoms with E-state index in [9.17, 15) is 14.4 Å². The van der Waals surface area contributed by atoms with Gasteiger partial charge in [-0.3, -0.25) is 19.0 Å². The van der Waals surface area contributed by atoms with Crippen LogP contribution in [0, 0.1) is 5.92 Å². The summed E-state index contributed by atoms with van der Waals surface area (Å²) in [6, 6.07) is 9.82.